The van der Waals surface area contributed by atoms with Gasteiger partial charge in [-0.25, -0.2) is 9.97 Å². The van der Waals surface area contributed by atoms with Crippen molar-refractivity contribution in [3.05, 3.63) is 84.8 Å². The van der Waals surface area contributed by atoms with E-state index in [1.165, 1.54) is 6.08 Å². The number of nitrogens with zero attached hydrogens (tertiary/aromatic N) is 4. The summed E-state index contributed by atoms with van der Waals surface area (Å²) in [6, 6.07) is 17.0. The van der Waals surface area contributed by atoms with E-state index in [2.05, 4.69) is 15.3 Å². The Kier molecular flexibility index (Phi) is 5.21. The highest BCUT2D eigenvalue weighted by Gasteiger charge is 2.21. The van der Waals surface area contributed by atoms with Gasteiger partial charge in [0.1, 0.15) is 0 Å². The molecule has 0 saturated carbocycles. The number of carbonyl (C=O) groups excluding carboxylic acids is 2. The molecule has 158 valence electrons. The number of imidazole rings is 1. The molecule has 0 radical (unpaired) electrons. The van der Waals surface area contributed by atoms with Gasteiger partial charge in [-0.05, 0) is 48.4 Å². The minimum Gasteiger partial charge on any atom is -0.323 e. The molecule has 1 fully saturated rings. The zero-order valence-electron chi connectivity index (χ0n) is 17.3. The van der Waals surface area contributed by atoms with Gasteiger partial charge in [-0.1, -0.05) is 24.3 Å². The highest BCUT2D eigenvalue weighted by molar-refractivity contribution is 6.02. The highest BCUT2D eigenvalue weighted by Crippen LogP contribution is 2.23. The third-order valence-electron chi connectivity index (χ3n) is 5.39. The minimum absolute atomic E-state index is 0.163. The molecule has 2 aromatic heterocycles. The predicted octanol–water partition coefficient (Wildman–Crippen LogP) is 4.18. The minimum atomic E-state index is -0.214. The second kappa shape index (κ2) is 8.47. The van der Waals surface area contributed by atoms with Crippen molar-refractivity contribution in [2.24, 2.45) is 0 Å². The van der Waals surface area contributed by atoms with Crippen molar-refractivity contribution >= 4 is 35.0 Å². The number of nitrogens with one attached hydrogen (secondary N) is 1. The molecule has 1 N–H and O–H groups in total. The number of fused-ring (bicyclic) bond motifs is 1. The van der Waals surface area contributed by atoms with Crippen LogP contribution in [0.5, 0.6) is 0 Å². The maximum atomic E-state index is 12.3. The number of benzene rings is 2. The molecular formula is C25H21N5O2. The third-order valence-corrected chi connectivity index (χ3v) is 5.39. The van der Waals surface area contributed by atoms with E-state index in [1.807, 2.05) is 71.4 Å². The van der Waals surface area contributed by atoms with E-state index in [0.29, 0.717) is 17.9 Å². The molecule has 3 heterocycles. The van der Waals surface area contributed by atoms with Gasteiger partial charge in [0, 0.05) is 54.6 Å². The molecule has 0 unspecified atom stereocenters. The van der Waals surface area contributed by atoms with Gasteiger partial charge < -0.3 is 10.2 Å². The summed E-state index contributed by atoms with van der Waals surface area (Å²) in [6.07, 6.45) is 10.3. The Morgan fingerprint density at radius 2 is 1.88 bits per heavy atom. The first-order valence-corrected chi connectivity index (χ1v) is 10.5. The first-order chi connectivity index (χ1) is 15.7. The van der Waals surface area contributed by atoms with Crippen molar-refractivity contribution in [1.82, 2.24) is 14.4 Å². The summed E-state index contributed by atoms with van der Waals surface area (Å²) < 4.78 is 1.87. The fourth-order valence-electron chi connectivity index (χ4n) is 3.74. The van der Waals surface area contributed by atoms with Crippen LogP contribution in [0.25, 0.3) is 23.1 Å². The van der Waals surface area contributed by atoms with Crippen molar-refractivity contribution in [3.8, 4) is 11.3 Å². The van der Waals surface area contributed by atoms with Crippen LogP contribution >= 0.6 is 0 Å². The van der Waals surface area contributed by atoms with E-state index >= 15 is 0 Å². The molecule has 1 aliphatic heterocycles. The van der Waals surface area contributed by atoms with Gasteiger partial charge in [0.2, 0.25) is 17.6 Å². The lowest BCUT2D eigenvalue weighted by atomic mass is 10.1. The van der Waals surface area contributed by atoms with E-state index in [-0.39, 0.29) is 11.8 Å². The molecule has 0 aliphatic carbocycles. The lowest BCUT2D eigenvalue weighted by Crippen LogP contribution is -2.23. The quantitative estimate of drug-likeness (QED) is 0.489. The molecule has 5 rings (SSSR count). The summed E-state index contributed by atoms with van der Waals surface area (Å²) in [5, 5.41) is 2.86. The molecule has 7 heteroatoms. The monoisotopic (exact) mass is 423 g/mol. The van der Waals surface area contributed by atoms with E-state index in [9.17, 15) is 9.59 Å². The topological polar surface area (TPSA) is 79.6 Å². The first-order valence-electron chi connectivity index (χ1n) is 10.5. The van der Waals surface area contributed by atoms with Gasteiger partial charge in [0.15, 0.2) is 0 Å². The standard InChI is InChI=1S/C25H21N5O2/c31-23(13-6-18-4-11-21(12-5-18)30-16-1-3-24(30)32)27-20-9-7-19(8-10-20)22-17-29-15-2-14-26-25(29)28-22/h2,4-15,17H,1,3,16H2,(H,27,31). The second-order valence-electron chi connectivity index (χ2n) is 7.59. The number of aromatic nitrogens is 3. The summed E-state index contributed by atoms with van der Waals surface area (Å²) >= 11 is 0. The van der Waals surface area contributed by atoms with Gasteiger partial charge >= 0.3 is 0 Å². The van der Waals surface area contributed by atoms with E-state index in [0.717, 1.165) is 35.5 Å². The summed E-state index contributed by atoms with van der Waals surface area (Å²) in [6.45, 7) is 0.767. The molecule has 7 nitrogen and oxygen atoms in total. The average molecular weight is 423 g/mol. The van der Waals surface area contributed by atoms with Crippen molar-refractivity contribution in [2.75, 3.05) is 16.8 Å². The van der Waals surface area contributed by atoms with Gasteiger partial charge in [-0.3, -0.25) is 14.0 Å². The Morgan fingerprint density at radius 1 is 1.06 bits per heavy atom. The molecule has 4 aromatic rings. The third kappa shape index (κ3) is 4.13. The maximum Gasteiger partial charge on any atom is 0.248 e. The number of hydrogen-bond acceptors (Lipinski definition) is 4. The smallest absolute Gasteiger partial charge is 0.248 e. The molecule has 1 saturated heterocycles. The SMILES string of the molecule is O=C(C=Cc1ccc(N2CCCC2=O)cc1)Nc1ccc(-c2cn3cccnc3n2)cc1. The van der Waals surface area contributed by atoms with Crippen LogP contribution in [-0.2, 0) is 9.59 Å². The lowest BCUT2D eigenvalue weighted by molar-refractivity contribution is -0.117. The fourth-order valence-corrected chi connectivity index (χ4v) is 3.74. The fraction of sp³-hybridized carbons (Fsp3) is 0.120. The van der Waals surface area contributed by atoms with Crippen molar-refractivity contribution in [2.45, 2.75) is 12.8 Å². The number of hydrogen-bond donors (Lipinski definition) is 1. The van der Waals surface area contributed by atoms with E-state index in [1.54, 1.807) is 17.2 Å². The molecule has 2 aromatic carbocycles. The van der Waals surface area contributed by atoms with E-state index in [4.69, 9.17) is 0 Å². The normalized spacial score (nSPS) is 13.9. The Balaban J connectivity index is 1.21. The molecule has 1 aliphatic rings. The zero-order chi connectivity index (χ0) is 21.9. The van der Waals surface area contributed by atoms with Crippen LogP contribution in [0.3, 0.4) is 0 Å². The van der Waals surface area contributed by atoms with Gasteiger partial charge in [-0.2, -0.15) is 0 Å². The number of amides is 2. The number of carbonyl (C=O) groups is 2. The van der Waals surface area contributed by atoms with Crippen LogP contribution in [0.2, 0.25) is 0 Å². The summed E-state index contributed by atoms with van der Waals surface area (Å²) in [7, 11) is 0. The van der Waals surface area contributed by atoms with Crippen LogP contribution in [0.15, 0.2) is 79.3 Å². The van der Waals surface area contributed by atoms with Crippen LogP contribution in [-0.4, -0.2) is 32.7 Å². The number of rotatable bonds is 5. The van der Waals surface area contributed by atoms with Gasteiger partial charge in [0.05, 0.1) is 5.69 Å². The Bertz CT molecular complexity index is 1270. The molecular weight excluding hydrogens is 402 g/mol. The molecule has 0 bridgehead atoms. The molecule has 0 atom stereocenters. The van der Waals surface area contributed by atoms with Crippen molar-refractivity contribution in [3.63, 3.8) is 0 Å². The first kappa shape index (κ1) is 19.7. The van der Waals surface area contributed by atoms with Crippen molar-refractivity contribution < 1.29 is 9.59 Å². The largest absolute Gasteiger partial charge is 0.323 e. The van der Waals surface area contributed by atoms with Gasteiger partial charge in [-0.15, -0.1) is 0 Å². The average Bonchev–Trinajstić information content (AvgIpc) is 3.45. The molecule has 2 amide bonds. The summed E-state index contributed by atoms with van der Waals surface area (Å²) in [4.78, 5) is 34.7. The lowest BCUT2D eigenvalue weighted by Gasteiger charge is -2.15. The van der Waals surface area contributed by atoms with Crippen molar-refractivity contribution in [1.29, 1.82) is 0 Å². The predicted molar refractivity (Wildman–Crippen MR) is 124 cm³/mol. The van der Waals surface area contributed by atoms with E-state index < -0.39 is 0 Å². The van der Waals surface area contributed by atoms with Crippen LogP contribution in [0.1, 0.15) is 18.4 Å². The second-order valence-corrected chi connectivity index (χ2v) is 7.59. The highest BCUT2D eigenvalue weighted by atomic mass is 16.2. The van der Waals surface area contributed by atoms with Crippen LogP contribution in [0, 0.1) is 0 Å². The number of anilines is 2. The Morgan fingerprint density at radius 3 is 2.59 bits per heavy atom. The summed E-state index contributed by atoms with van der Waals surface area (Å²) in [5.74, 6) is 0.593. The van der Waals surface area contributed by atoms with Crippen LogP contribution < -0.4 is 10.2 Å². The maximum absolute atomic E-state index is 12.3. The Hall–Kier alpha value is -4.26. The molecule has 32 heavy (non-hydrogen) atoms. The summed E-state index contributed by atoms with van der Waals surface area (Å²) in [5.41, 5.74) is 4.26. The zero-order valence-corrected chi connectivity index (χ0v) is 17.3. The van der Waals surface area contributed by atoms with Gasteiger partial charge in [0.25, 0.3) is 0 Å². The Labute approximate surface area is 185 Å². The molecule has 0 spiro atoms. The van der Waals surface area contributed by atoms with Crippen LogP contribution in [0.4, 0.5) is 11.4 Å².